The highest BCUT2D eigenvalue weighted by atomic mass is 79.9. The van der Waals surface area contributed by atoms with Crippen LogP contribution >= 0.6 is 27.3 Å². The smallest absolute Gasteiger partial charge is 0.338 e. The van der Waals surface area contributed by atoms with Gasteiger partial charge in [0.1, 0.15) is 11.8 Å². The zero-order chi connectivity index (χ0) is 32.7. The van der Waals surface area contributed by atoms with Crippen molar-refractivity contribution < 1.29 is 19.2 Å². The molecule has 0 spiro atoms. The maximum Gasteiger partial charge on any atom is 0.338 e. The topological polar surface area (TPSA) is 118 Å². The number of benzene rings is 3. The van der Waals surface area contributed by atoms with Crippen molar-refractivity contribution in [3.63, 3.8) is 0 Å². The monoisotopic (exact) mass is 700 g/mol. The van der Waals surface area contributed by atoms with Gasteiger partial charge in [0.15, 0.2) is 4.80 Å². The second-order valence-corrected chi connectivity index (χ2v) is 13.0. The molecule has 0 amide bonds. The number of non-ortho nitro benzene ring substituents is 1. The number of hydrogen-bond acceptors (Lipinski definition) is 8. The third-order valence-corrected chi connectivity index (χ3v) is 9.15. The summed E-state index contributed by atoms with van der Waals surface area (Å²) in [5.74, 6) is -0.0338. The van der Waals surface area contributed by atoms with E-state index < -0.39 is 16.9 Å². The highest BCUT2D eigenvalue weighted by Crippen LogP contribution is 2.37. The minimum absolute atomic E-state index is 0.0341. The molecule has 1 atom stereocenters. The van der Waals surface area contributed by atoms with E-state index in [1.807, 2.05) is 48.7 Å². The standard InChI is InChI=1S/C34H29BrN4O6S/c1-19(2)45-33(41)30-20(3)36-34-38(31(30)26-16-23(35)11-14-28(26)44-4)32(40)29(46-34)15-22-18-37(27-8-6-5-7-25(22)27)17-21-9-12-24(13-10-21)39(42)43/h5-16,18-19,31H,17H2,1-4H3/b29-15-/t31-/m0/s1. The molecule has 234 valence electrons. The van der Waals surface area contributed by atoms with E-state index in [1.165, 1.54) is 23.5 Å². The number of para-hydroxylation sites is 1. The first kappa shape index (κ1) is 31.2. The highest BCUT2D eigenvalue weighted by Gasteiger charge is 2.35. The molecule has 5 aromatic rings. The van der Waals surface area contributed by atoms with Crippen LogP contribution in [-0.2, 0) is 16.1 Å². The molecule has 3 heterocycles. The number of hydrogen-bond donors (Lipinski definition) is 0. The van der Waals surface area contributed by atoms with Gasteiger partial charge in [-0.05, 0) is 56.7 Å². The minimum Gasteiger partial charge on any atom is -0.496 e. The quantitative estimate of drug-likeness (QED) is 0.114. The van der Waals surface area contributed by atoms with E-state index in [0.717, 1.165) is 26.5 Å². The van der Waals surface area contributed by atoms with Crippen molar-refractivity contribution >= 4 is 55.9 Å². The van der Waals surface area contributed by atoms with Gasteiger partial charge in [0, 0.05) is 51.4 Å². The molecule has 0 radical (unpaired) electrons. The predicted octanol–water partition coefficient (Wildman–Crippen LogP) is 5.87. The molecule has 0 bridgehead atoms. The summed E-state index contributed by atoms with van der Waals surface area (Å²) in [6.07, 6.45) is 3.44. The molecule has 0 aliphatic carbocycles. The predicted molar refractivity (Wildman–Crippen MR) is 180 cm³/mol. The Morgan fingerprint density at radius 1 is 1.15 bits per heavy atom. The van der Waals surface area contributed by atoms with Gasteiger partial charge in [-0.3, -0.25) is 19.5 Å². The van der Waals surface area contributed by atoms with Crippen LogP contribution in [0, 0.1) is 10.1 Å². The summed E-state index contributed by atoms with van der Waals surface area (Å²) < 4.78 is 16.1. The lowest BCUT2D eigenvalue weighted by molar-refractivity contribution is -0.384. The number of nitro benzene ring substituents is 1. The van der Waals surface area contributed by atoms with Gasteiger partial charge < -0.3 is 14.0 Å². The fraction of sp³-hybridized carbons (Fsp3) is 0.206. The zero-order valence-electron chi connectivity index (χ0n) is 25.4. The molecule has 0 saturated heterocycles. The van der Waals surface area contributed by atoms with Crippen molar-refractivity contribution in [2.24, 2.45) is 4.99 Å². The van der Waals surface area contributed by atoms with Gasteiger partial charge in [-0.1, -0.05) is 57.6 Å². The van der Waals surface area contributed by atoms with Gasteiger partial charge in [-0.2, -0.15) is 0 Å². The molecule has 10 nitrogen and oxygen atoms in total. The third kappa shape index (κ3) is 5.81. The number of allylic oxidation sites excluding steroid dienone is 1. The van der Waals surface area contributed by atoms with E-state index in [2.05, 4.69) is 20.5 Å². The molecule has 12 heteroatoms. The fourth-order valence-corrected chi connectivity index (χ4v) is 7.07. The van der Waals surface area contributed by atoms with E-state index in [4.69, 9.17) is 14.5 Å². The lowest BCUT2D eigenvalue weighted by Crippen LogP contribution is -2.40. The highest BCUT2D eigenvalue weighted by molar-refractivity contribution is 9.10. The van der Waals surface area contributed by atoms with Crippen LogP contribution in [0.25, 0.3) is 17.0 Å². The van der Waals surface area contributed by atoms with Crippen LogP contribution in [0.4, 0.5) is 5.69 Å². The van der Waals surface area contributed by atoms with Gasteiger partial charge in [0.25, 0.3) is 11.2 Å². The number of esters is 1. The van der Waals surface area contributed by atoms with Crippen LogP contribution in [-0.4, -0.2) is 33.2 Å². The number of rotatable bonds is 8. The summed E-state index contributed by atoms with van der Waals surface area (Å²) in [5, 5.41) is 12.1. The Kier molecular flexibility index (Phi) is 8.49. The molecule has 0 fully saturated rings. The van der Waals surface area contributed by atoms with E-state index in [0.29, 0.717) is 32.9 Å². The number of thiazole rings is 1. The molecule has 0 saturated carbocycles. The van der Waals surface area contributed by atoms with Gasteiger partial charge >= 0.3 is 5.97 Å². The lowest BCUT2D eigenvalue weighted by atomic mass is 9.95. The number of methoxy groups -OCH3 is 1. The number of carbonyl (C=O) groups is 1. The second kappa shape index (κ2) is 12.5. The number of nitrogens with zero attached hydrogens (tertiary/aromatic N) is 4. The van der Waals surface area contributed by atoms with Gasteiger partial charge in [0.05, 0.1) is 33.9 Å². The van der Waals surface area contributed by atoms with Crippen LogP contribution in [0.2, 0.25) is 0 Å². The molecular formula is C34H29BrN4O6S. The normalized spacial score (nSPS) is 14.8. The molecule has 6 rings (SSSR count). The fourth-order valence-electron chi connectivity index (χ4n) is 5.66. The van der Waals surface area contributed by atoms with Crippen LogP contribution in [0.1, 0.15) is 43.5 Å². The molecule has 46 heavy (non-hydrogen) atoms. The molecule has 1 aliphatic heterocycles. The number of halogens is 1. The first-order valence-electron chi connectivity index (χ1n) is 14.4. The third-order valence-electron chi connectivity index (χ3n) is 7.68. The van der Waals surface area contributed by atoms with Gasteiger partial charge in [0.2, 0.25) is 0 Å². The molecule has 2 aromatic heterocycles. The molecule has 0 N–H and O–H groups in total. The van der Waals surface area contributed by atoms with Gasteiger partial charge in [-0.15, -0.1) is 0 Å². The summed E-state index contributed by atoms with van der Waals surface area (Å²) in [5.41, 5.74) is 3.76. The summed E-state index contributed by atoms with van der Waals surface area (Å²) >= 11 is 4.78. The van der Waals surface area contributed by atoms with Crippen molar-refractivity contribution in [1.82, 2.24) is 9.13 Å². The van der Waals surface area contributed by atoms with Crippen LogP contribution < -0.4 is 19.6 Å². The molecule has 1 aliphatic rings. The van der Waals surface area contributed by atoms with Crippen molar-refractivity contribution in [2.75, 3.05) is 7.11 Å². The summed E-state index contributed by atoms with van der Waals surface area (Å²) in [7, 11) is 1.55. The van der Waals surface area contributed by atoms with Crippen molar-refractivity contribution in [3.05, 3.63) is 135 Å². The van der Waals surface area contributed by atoms with Crippen molar-refractivity contribution in [2.45, 2.75) is 39.5 Å². The molecule has 0 unspecified atom stereocenters. The molecule has 3 aromatic carbocycles. The largest absolute Gasteiger partial charge is 0.496 e. The summed E-state index contributed by atoms with van der Waals surface area (Å²) in [6, 6.07) is 19.0. The van der Waals surface area contributed by atoms with Crippen LogP contribution in [0.15, 0.2) is 98.5 Å². The number of ether oxygens (including phenoxy) is 2. The average Bonchev–Trinajstić information content (AvgIpc) is 3.52. The van der Waals surface area contributed by atoms with Crippen LogP contribution in [0.5, 0.6) is 5.75 Å². The summed E-state index contributed by atoms with van der Waals surface area (Å²) in [6.45, 7) is 5.78. The van der Waals surface area contributed by atoms with Crippen LogP contribution in [0.3, 0.4) is 0 Å². The van der Waals surface area contributed by atoms with Crippen molar-refractivity contribution in [1.29, 1.82) is 0 Å². The molecular weight excluding hydrogens is 672 g/mol. The lowest BCUT2D eigenvalue weighted by Gasteiger charge is -2.26. The Balaban J connectivity index is 1.51. The SMILES string of the molecule is COc1ccc(Br)cc1[C@H]1C(C(=O)OC(C)C)=C(C)N=c2s/c(=C\c3cn(Cc4ccc([N+](=O)[O-])cc4)c4ccccc34)c(=O)n21. The number of nitro groups is 1. The Bertz CT molecular complexity index is 2230. The summed E-state index contributed by atoms with van der Waals surface area (Å²) in [4.78, 5) is 43.7. The Hall–Kier alpha value is -4.81. The van der Waals surface area contributed by atoms with E-state index in [-0.39, 0.29) is 22.9 Å². The van der Waals surface area contributed by atoms with E-state index in [1.54, 1.807) is 50.6 Å². The van der Waals surface area contributed by atoms with Gasteiger partial charge in [-0.25, -0.2) is 9.79 Å². The zero-order valence-corrected chi connectivity index (χ0v) is 27.8. The number of aromatic nitrogens is 2. The van der Waals surface area contributed by atoms with E-state index >= 15 is 0 Å². The Morgan fingerprint density at radius 3 is 2.59 bits per heavy atom. The Morgan fingerprint density at radius 2 is 1.89 bits per heavy atom. The maximum absolute atomic E-state index is 14.3. The first-order valence-corrected chi connectivity index (χ1v) is 16.0. The van der Waals surface area contributed by atoms with E-state index in [9.17, 15) is 19.7 Å². The minimum atomic E-state index is -0.833. The first-order chi connectivity index (χ1) is 22.0. The number of carbonyl (C=O) groups excluding carboxylic acids is 1. The van der Waals surface area contributed by atoms with Crippen molar-refractivity contribution in [3.8, 4) is 5.75 Å². The Labute approximate surface area is 275 Å². The number of fused-ring (bicyclic) bond motifs is 2. The second-order valence-electron chi connectivity index (χ2n) is 11.1. The maximum atomic E-state index is 14.3. The average molecular weight is 702 g/mol.